The molecule has 6 heteroatoms. The van der Waals surface area contributed by atoms with Crippen molar-refractivity contribution >= 4 is 11.7 Å². The Morgan fingerprint density at radius 2 is 2.45 bits per heavy atom. The fourth-order valence-electron chi connectivity index (χ4n) is 2.05. The highest BCUT2D eigenvalue weighted by Gasteiger charge is 2.16. The summed E-state index contributed by atoms with van der Waals surface area (Å²) in [6.45, 7) is 7.27. The summed E-state index contributed by atoms with van der Waals surface area (Å²) in [6, 6.07) is 1.65. The highest BCUT2D eigenvalue weighted by molar-refractivity contribution is 5.93. The summed E-state index contributed by atoms with van der Waals surface area (Å²) in [5, 5.41) is 5.90. The van der Waals surface area contributed by atoms with Gasteiger partial charge in [-0.25, -0.2) is 9.97 Å². The summed E-state index contributed by atoms with van der Waals surface area (Å²) in [4.78, 5) is 20.3. The van der Waals surface area contributed by atoms with Crippen LogP contribution >= 0.6 is 0 Å². The van der Waals surface area contributed by atoms with Gasteiger partial charge in [0.15, 0.2) is 0 Å². The van der Waals surface area contributed by atoms with Crippen molar-refractivity contribution in [2.45, 2.75) is 25.9 Å². The van der Waals surface area contributed by atoms with E-state index in [4.69, 9.17) is 4.74 Å². The third-order valence-electron chi connectivity index (χ3n) is 3.01. The van der Waals surface area contributed by atoms with E-state index in [2.05, 4.69) is 27.2 Å². The zero-order valence-electron chi connectivity index (χ0n) is 11.7. The average Bonchev–Trinajstić information content (AvgIpc) is 2.95. The fraction of sp³-hybridized carbons (Fsp3) is 0.500. The van der Waals surface area contributed by atoms with Crippen molar-refractivity contribution in [1.82, 2.24) is 15.3 Å². The summed E-state index contributed by atoms with van der Waals surface area (Å²) in [6.07, 6.45) is 4.01. The number of carbonyl (C=O) groups excluding carboxylic acids is 1. The van der Waals surface area contributed by atoms with Crippen molar-refractivity contribution in [3.8, 4) is 0 Å². The lowest BCUT2D eigenvalue weighted by molar-refractivity contribution is 0.0952. The van der Waals surface area contributed by atoms with E-state index in [0.29, 0.717) is 30.4 Å². The van der Waals surface area contributed by atoms with E-state index in [1.54, 1.807) is 19.1 Å². The van der Waals surface area contributed by atoms with E-state index >= 15 is 0 Å². The number of hydrogen-bond acceptors (Lipinski definition) is 5. The number of ether oxygens (including phenoxy) is 1. The predicted molar refractivity (Wildman–Crippen MR) is 76.8 cm³/mol. The highest BCUT2D eigenvalue weighted by atomic mass is 16.5. The van der Waals surface area contributed by atoms with E-state index in [1.807, 2.05) is 0 Å². The van der Waals surface area contributed by atoms with Crippen molar-refractivity contribution < 1.29 is 9.53 Å². The molecule has 1 aromatic rings. The van der Waals surface area contributed by atoms with Crippen LogP contribution in [0.3, 0.4) is 0 Å². The predicted octanol–water partition coefficient (Wildman–Crippen LogP) is 1.29. The summed E-state index contributed by atoms with van der Waals surface area (Å²) in [5.41, 5.74) is 0.356. The number of aromatic nitrogens is 2. The van der Waals surface area contributed by atoms with Crippen LogP contribution < -0.4 is 10.6 Å². The Kier molecular flexibility index (Phi) is 5.06. The Morgan fingerprint density at radius 3 is 3.15 bits per heavy atom. The molecule has 0 radical (unpaired) electrons. The smallest absolute Gasteiger partial charge is 0.270 e. The summed E-state index contributed by atoms with van der Waals surface area (Å²) < 4.78 is 5.54. The van der Waals surface area contributed by atoms with E-state index in [-0.39, 0.29) is 12.0 Å². The third kappa shape index (κ3) is 4.03. The molecule has 20 heavy (non-hydrogen) atoms. The van der Waals surface area contributed by atoms with Gasteiger partial charge in [0, 0.05) is 25.8 Å². The molecule has 0 spiro atoms. The largest absolute Gasteiger partial charge is 0.376 e. The molecule has 1 atom stereocenters. The molecule has 2 rings (SSSR count). The first kappa shape index (κ1) is 14.5. The second kappa shape index (κ2) is 7.00. The van der Waals surface area contributed by atoms with Crippen molar-refractivity contribution in [2.24, 2.45) is 0 Å². The fourth-order valence-corrected chi connectivity index (χ4v) is 2.05. The summed E-state index contributed by atoms with van der Waals surface area (Å²) in [5.74, 6) is 0.985. The molecule has 2 heterocycles. The van der Waals surface area contributed by atoms with Gasteiger partial charge in [-0.15, -0.1) is 6.58 Å². The maximum atomic E-state index is 11.9. The number of nitrogens with zero attached hydrogens (tertiary/aromatic N) is 2. The standard InChI is InChI=1S/C14H20N4O2/c1-3-6-15-14(19)12-8-13(18-10(2)17-12)16-9-11-5-4-7-20-11/h3,8,11H,1,4-7,9H2,2H3,(H,15,19)(H,16,17,18). The summed E-state index contributed by atoms with van der Waals surface area (Å²) in [7, 11) is 0. The Bertz CT molecular complexity index is 484. The first-order chi connectivity index (χ1) is 9.69. The second-order valence-corrected chi connectivity index (χ2v) is 4.70. The zero-order chi connectivity index (χ0) is 14.4. The molecule has 6 nitrogen and oxygen atoms in total. The third-order valence-corrected chi connectivity index (χ3v) is 3.01. The molecule has 1 saturated heterocycles. The Labute approximate surface area is 118 Å². The molecule has 1 aliphatic heterocycles. The number of rotatable bonds is 6. The topological polar surface area (TPSA) is 76.1 Å². The van der Waals surface area contributed by atoms with Gasteiger partial charge in [0.25, 0.3) is 5.91 Å². The van der Waals surface area contributed by atoms with Gasteiger partial charge in [-0.1, -0.05) is 6.08 Å². The molecule has 0 saturated carbocycles. The van der Waals surface area contributed by atoms with Gasteiger partial charge in [-0.2, -0.15) is 0 Å². The molecule has 1 fully saturated rings. The van der Waals surface area contributed by atoms with E-state index in [0.717, 1.165) is 19.4 Å². The molecule has 108 valence electrons. The lowest BCUT2D eigenvalue weighted by Crippen LogP contribution is -2.25. The van der Waals surface area contributed by atoms with E-state index in [1.165, 1.54) is 0 Å². The number of hydrogen-bond donors (Lipinski definition) is 2. The number of amides is 1. The van der Waals surface area contributed by atoms with Crippen LogP contribution in [0.1, 0.15) is 29.2 Å². The molecule has 0 bridgehead atoms. The lowest BCUT2D eigenvalue weighted by atomic mass is 10.2. The quantitative estimate of drug-likeness (QED) is 0.766. The van der Waals surface area contributed by atoms with Crippen molar-refractivity contribution in [2.75, 3.05) is 25.0 Å². The summed E-state index contributed by atoms with van der Waals surface area (Å²) >= 11 is 0. The molecule has 1 unspecified atom stereocenters. The van der Waals surface area contributed by atoms with Crippen LogP contribution in [-0.2, 0) is 4.74 Å². The lowest BCUT2D eigenvalue weighted by Gasteiger charge is -2.12. The molecule has 1 aromatic heterocycles. The first-order valence-corrected chi connectivity index (χ1v) is 6.79. The van der Waals surface area contributed by atoms with Crippen LogP contribution in [0, 0.1) is 6.92 Å². The van der Waals surface area contributed by atoms with Crippen LogP contribution in [0.2, 0.25) is 0 Å². The van der Waals surface area contributed by atoms with Gasteiger partial charge < -0.3 is 15.4 Å². The molecule has 2 N–H and O–H groups in total. The molecular formula is C14H20N4O2. The number of carbonyl (C=O) groups is 1. The Hall–Kier alpha value is -1.95. The second-order valence-electron chi connectivity index (χ2n) is 4.70. The van der Waals surface area contributed by atoms with E-state index in [9.17, 15) is 4.79 Å². The minimum Gasteiger partial charge on any atom is -0.376 e. The maximum absolute atomic E-state index is 11.9. The molecule has 1 aliphatic rings. The normalized spacial score (nSPS) is 17.8. The minimum absolute atomic E-state index is 0.225. The van der Waals surface area contributed by atoms with E-state index < -0.39 is 0 Å². The monoisotopic (exact) mass is 276 g/mol. The van der Waals surface area contributed by atoms with Crippen molar-refractivity contribution in [1.29, 1.82) is 0 Å². The number of aryl methyl sites for hydroxylation is 1. The van der Waals surface area contributed by atoms with Crippen molar-refractivity contribution in [3.05, 3.63) is 30.2 Å². The number of anilines is 1. The van der Waals surface area contributed by atoms with Gasteiger partial charge in [-0.3, -0.25) is 4.79 Å². The van der Waals surface area contributed by atoms with Crippen LogP contribution in [0.5, 0.6) is 0 Å². The molecule has 1 amide bonds. The van der Waals surface area contributed by atoms with Gasteiger partial charge in [0.2, 0.25) is 0 Å². The zero-order valence-corrected chi connectivity index (χ0v) is 11.7. The Balaban J connectivity index is 1.99. The SMILES string of the molecule is C=CCNC(=O)c1cc(NCC2CCCO2)nc(C)n1. The first-order valence-electron chi connectivity index (χ1n) is 6.79. The average molecular weight is 276 g/mol. The maximum Gasteiger partial charge on any atom is 0.270 e. The molecule has 0 aromatic carbocycles. The highest BCUT2D eigenvalue weighted by Crippen LogP contribution is 2.13. The van der Waals surface area contributed by atoms with Crippen LogP contribution in [0.15, 0.2) is 18.7 Å². The van der Waals surface area contributed by atoms with Gasteiger partial charge in [-0.05, 0) is 19.8 Å². The van der Waals surface area contributed by atoms with Crippen molar-refractivity contribution in [3.63, 3.8) is 0 Å². The van der Waals surface area contributed by atoms with Crippen LogP contribution in [0.25, 0.3) is 0 Å². The van der Waals surface area contributed by atoms with Gasteiger partial charge >= 0.3 is 0 Å². The van der Waals surface area contributed by atoms with Gasteiger partial charge in [0.1, 0.15) is 17.3 Å². The van der Waals surface area contributed by atoms with Gasteiger partial charge in [0.05, 0.1) is 6.10 Å². The number of nitrogens with one attached hydrogen (secondary N) is 2. The Morgan fingerprint density at radius 1 is 1.60 bits per heavy atom. The van der Waals surface area contributed by atoms with Crippen LogP contribution in [-0.4, -0.2) is 41.7 Å². The van der Waals surface area contributed by atoms with Crippen LogP contribution in [0.4, 0.5) is 5.82 Å². The molecular weight excluding hydrogens is 256 g/mol. The minimum atomic E-state index is -0.226. The molecule has 0 aliphatic carbocycles.